The average Bonchev–Trinajstić information content (AvgIpc) is 3.29. The van der Waals surface area contributed by atoms with Crippen LogP contribution in [0.3, 0.4) is 0 Å². The number of carbonyl (C=O) groups excluding carboxylic acids is 1. The van der Waals surface area contributed by atoms with Crippen molar-refractivity contribution < 1.29 is 9.53 Å². The second kappa shape index (κ2) is 8.93. The molecular formula is C26H20ClN3O3S. The van der Waals surface area contributed by atoms with E-state index in [2.05, 4.69) is 22.4 Å². The molecule has 1 unspecified atom stereocenters. The van der Waals surface area contributed by atoms with Gasteiger partial charge in [-0.15, -0.1) is 11.3 Å². The van der Waals surface area contributed by atoms with Gasteiger partial charge >= 0.3 is 0 Å². The van der Waals surface area contributed by atoms with Gasteiger partial charge in [0.05, 0.1) is 24.5 Å². The summed E-state index contributed by atoms with van der Waals surface area (Å²) >= 11 is 7.48. The quantitative estimate of drug-likeness (QED) is 0.322. The van der Waals surface area contributed by atoms with E-state index in [1.807, 2.05) is 35.7 Å². The lowest BCUT2D eigenvalue weighted by Gasteiger charge is -2.16. The van der Waals surface area contributed by atoms with Crippen molar-refractivity contribution in [2.45, 2.75) is 13.0 Å². The van der Waals surface area contributed by atoms with Crippen LogP contribution in [-0.4, -0.2) is 22.6 Å². The molecule has 6 nitrogen and oxygen atoms in total. The summed E-state index contributed by atoms with van der Waals surface area (Å²) in [5, 5.41) is 7.92. The Labute approximate surface area is 204 Å². The summed E-state index contributed by atoms with van der Waals surface area (Å²) in [6.07, 6.45) is 1.42. The molecule has 0 fully saturated rings. The zero-order valence-electron chi connectivity index (χ0n) is 18.4. The van der Waals surface area contributed by atoms with Crippen molar-refractivity contribution in [2.75, 3.05) is 12.4 Å². The first-order valence-corrected chi connectivity index (χ1v) is 11.8. The van der Waals surface area contributed by atoms with Crippen LogP contribution in [0, 0.1) is 0 Å². The van der Waals surface area contributed by atoms with Crippen LogP contribution >= 0.6 is 22.9 Å². The molecule has 1 N–H and O–H groups in total. The van der Waals surface area contributed by atoms with Crippen LogP contribution in [0.2, 0.25) is 5.02 Å². The number of carbonyl (C=O) groups is 1. The Morgan fingerprint density at radius 1 is 1.12 bits per heavy atom. The van der Waals surface area contributed by atoms with Crippen LogP contribution < -0.4 is 15.6 Å². The van der Waals surface area contributed by atoms with Gasteiger partial charge in [0.25, 0.3) is 5.56 Å². The molecular weight excluding hydrogens is 470 g/mol. The number of nitrogens with zero attached hydrogens (tertiary/aromatic N) is 2. The molecule has 0 saturated carbocycles. The average molecular weight is 490 g/mol. The Morgan fingerprint density at radius 2 is 1.91 bits per heavy atom. The van der Waals surface area contributed by atoms with E-state index < -0.39 is 6.04 Å². The van der Waals surface area contributed by atoms with Crippen molar-refractivity contribution in [3.8, 4) is 16.9 Å². The van der Waals surface area contributed by atoms with Crippen molar-refractivity contribution in [3.63, 3.8) is 0 Å². The molecule has 5 aromatic rings. The number of benzene rings is 3. The fraction of sp³-hybridized carbons (Fsp3) is 0.115. The molecule has 0 spiro atoms. The van der Waals surface area contributed by atoms with Crippen LogP contribution in [0.25, 0.3) is 32.1 Å². The minimum atomic E-state index is -0.808. The largest absolute Gasteiger partial charge is 0.495 e. The molecule has 0 aliphatic rings. The summed E-state index contributed by atoms with van der Waals surface area (Å²) in [6.45, 7) is 1.66. The van der Waals surface area contributed by atoms with E-state index in [-0.39, 0.29) is 11.5 Å². The van der Waals surface area contributed by atoms with Crippen LogP contribution in [-0.2, 0) is 4.79 Å². The predicted molar refractivity (Wildman–Crippen MR) is 138 cm³/mol. The Morgan fingerprint density at radius 3 is 2.71 bits per heavy atom. The first-order chi connectivity index (χ1) is 16.5. The Bertz CT molecular complexity index is 1610. The Kier molecular flexibility index (Phi) is 5.81. The molecule has 0 bridgehead atoms. The summed E-state index contributed by atoms with van der Waals surface area (Å²) in [4.78, 5) is 31.6. The molecule has 170 valence electrons. The maximum absolute atomic E-state index is 13.5. The topological polar surface area (TPSA) is 73.2 Å². The van der Waals surface area contributed by atoms with E-state index >= 15 is 0 Å². The SMILES string of the molecule is COc1ccc(Cl)cc1NC(=O)C(C)n1cnc2scc(-c3ccc4ccccc4c3)c2c1=O. The monoisotopic (exact) mass is 489 g/mol. The summed E-state index contributed by atoms with van der Waals surface area (Å²) in [5.74, 6) is 0.0913. The number of nitrogens with one attached hydrogen (secondary N) is 1. The second-order valence-electron chi connectivity index (χ2n) is 7.86. The number of anilines is 1. The van der Waals surface area contributed by atoms with Gasteiger partial charge in [0, 0.05) is 16.0 Å². The smallest absolute Gasteiger partial charge is 0.263 e. The van der Waals surface area contributed by atoms with Gasteiger partial charge in [-0.05, 0) is 47.5 Å². The van der Waals surface area contributed by atoms with Gasteiger partial charge in [0.1, 0.15) is 16.6 Å². The van der Waals surface area contributed by atoms with Gasteiger partial charge in [-0.25, -0.2) is 4.98 Å². The van der Waals surface area contributed by atoms with Crippen molar-refractivity contribution in [1.29, 1.82) is 0 Å². The summed E-state index contributed by atoms with van der Waals surface area (Å²) in [7, 11) is 1.51. The van der Waals surface area contributed by atoms with E-state index in [0.29, 0.717) is 26.7 Å². The highest BCUT2D eigenvalue weighted by atomic mass is 35.5. The number of aromatic nitrogens is 2. The Hall–Kier alpha value is -3.68. The van der Waals surface area contributed by atoms with E-state index in [9.17, 15) is 9.59 Å². The van der Waals surface area contributed by atoms with E-state index in [1.54, 1.807) is 25.1 Å². The zero-order chi connectivity index (χ0) is 23.8. The number of ether oxygens (including phenoxy) is 1. The molecule has 2 heterocycles. The van der Waals surface area contributed by atoms with Gasteiger partial charge in [-0.2, -0.15) is 0 Å². The van der Waals surface area contributed by atoms with E-state index in [1.165, 1.54) is 29.3 Å². The molecule has 3 aromatic carbocycles. The normalized spacial score (nSPS) is 12.1. The van der Waals surface area contributed by atoms with Gasteiger partial charge < -0.3 is 10.1 Å². The highest BCUT2D eigenvalue weighted by Gasteiger charge is 2.21. The minimum Gasteiger partial charge on any atom is -0.495 e. The molecule has 5 rings (SSSR count). The molecule has 0 radical (unpaired) electrons. The number of hydrogen-bond acceptors (Lipinski definition) is 5. The van der Waals surface area contributed by atoms with Gasteiger partial charge in [0.15, 0.2) is 0 Å². The maximum Gasteiger partial charge on any atom is 0.263 e. The lowest BCUT2D eigenvalue weighted by molar-refractivity contribution is -0.118. The van der Waals surface area contributed by atoms with E-state index in [0.717, 1.165) is 21.9 Å². The predicted octanol–water partition coefficient (Wildman–Crippen LogP) is 6.14. The molecule has 1 atom stereocenters. The molecule has 34 heavy (non-hydrogen) atoms. The van der Waals surface area contributed by atoms with Crippen LogP contribution in [0.1, 0.15) is 13.0 Å². The maximum atomic E-state index is 13.5. The first kappa shape index (κ1) is 22.1. The van der Waals surface area contributed by atoms with Crippen molar-refractivity contribution in [2.24, 2.45) is 0 Å². The fourth-order valence-electron chi connectivity index (χ4n) is 3.93. The van der Waals surface area contributed by atoms with Crippen LogP contribution in [0.15, 0.2) is 77.2 Å². The standard InChI is InChI=1S/C26H20ClN3O3S/c1-15(24(31)29-21-12-19(27)9-10-22(21)33-2)30-14-28-25-23(26(30)32)20(13-34-25)18-8-7-16-5-3-4-6-17(16)11-18/h3-15H,1-2H3,(H,29,31). The molecule has 0 aliphatic carbocycles. The van der Waals surface area contributed by atoms with Crippen LogP contribution in [0.5, 0.6) is 5.75 Å². The van der Waals surface area contributed by atoms with Crippen molar-refractivity contribution in [3.05, 3.63) is 87.7 Å². The summed E-state index contributed by atoms with van der Waals surface area (Å²) in [6, 6.07) is 18.3. The first-order valence-electron chi connectivity index (χ1n) is 10.6. The lowest BCUT2D eigenvalue weighted by atomic mass is 10.0. The number of halogens is 1. The number of fused-ring (bicyclic) bond motifs is 2. The lowest BCUT2D eigenvalue weighted by Crippen LogP contribution is -2.31. The summed E-state index contributed by atoms with van der Waals surface area (Å²) in [5.41, 5.74) is 1.90. The Balaban J connectivity index is 1.53. The fourth-order valence-corrected chi connectivity index (χ4v) is 5.01. The summed E-state index contributed by atoms with van der Waals surface area (Å²) < 4.78 is 6.65. The molecule has 0 aliphatic heterocycles. The number of hydrogen-bond donors (Lipinski definition) is 1. The zero-order valence-corrected chi connectivity index (χ0v) is 20.0. The van der Waals surface area contributed by atoms with Crippen molar-refractivity contribution in [1.82, 2.24) is 9.55 Å². The third-order valence-electron chi connectivity index (χ3n) is 5.80. The third kappa shape index (κ3) is 3.93. The molecule has 0 saturated heterocycles. The number of thiophene rings is 1. The number of amides is 1. The van der Waals surface area contributed by atoms with Crippen LogP contribution in [0.4, 0.5) is 5.69 Å². The third-order valence-corrected chi connectivity index (χ3v) is 6.92. The highest BCUT2D eigenvalue weighted by Crippen LogP contribution is 2.33. The minimum absolute atomic E-state index is 0.268. The number of rotatable bonds is 5. The van der Waals surface area contributed by atoms with E-state index in [4.69, 9.17) is 16.3 Å². The van der Waals surface area contributed by atoms with Gasteiger partial charge in [-0.3, -0.25) is 14.2 Å². The molecule has 1 amide bonds. The van der Waals surface area contributed by atoms with Gasteiger partial charge in [0.2, 0.25) is 5.91 Å². The highest BCUT2D eigenvalue weighted by molar-refractivity contribution is 7.17. The second-order valence-corrected chi connectivity index (χ2v) is 9.15. The van der Waals surface area contributed by atoms with Crippen molar-refractivity contribution >= 4 is 55.5 Å². The van der Waals surface area contributed by atoms with Gasteiger partial charge in [-0.1, -0.05) is 48.0 Å². The molecule has 8 heteroatoms. The number of methoxy groups -OCH3 is 1. The molecule has 2 aromatic heterocycles.